The van der Waals surface area contributed by atoms with E-state index in [9.17, 15) is 23.5 Å². The lowest BCUT2D eigenvalue weighted by atomic mass is 10.0. The fourth-order valence-electron chi connectivity index (χ4n) is 3.37. The molecule has 0 aromatic heterocycles. The number of ether oxygens (including phenoxy) is 1. The minimum Gasteiger partial charge on any atom is -0.463 e. The van der Waals surface area contributed by atoms with Gasteiger partial charge in [-0.15, -0.1) is 0 Å². The Kier molecular flexibility index (Phi) is 9.37. The minimum atomic E-state index is -3.41. The number of hydrogen-bond donors (Lipinski definition) is 1. The van der Waals surface area contributed by atoms with Crippen molar-refractivity contribution in [2.75, 3.05) is 6.54 Å². The van der Waals surface area contributed by atoms with Crippen LogP contribution in [0.5, 0.6) is 0 Å². The van der Waals surface area contributed by atoms with Crippen LogP contribution < -0.4 is 0 Å². The predicted molar refractivity (Wildman–Crippen MR) is 114 cm³/mol. The van der Waals surface area contributed by atoms with E-state index in [1.807, 2.05) is 12.2 Å². The van der Waals surface area contributed by atoms with Gasteiger partial charge < -0.3 is 14.7 Å². The number of rotatable bonds is 11. The van der Waals surface area contributed by atoms with Crippen molar-refractivity contribution in [1.29, 1.82) is 0 Å². The van der Waals surface area contributed by atoms with E-state index in [1.165, 1.54) is 30.3 Å². The van der Waals surface area contributed by atoms with Gasteiger partial charge in [-0.25, -0.2) is 0 Å². The largest absolute Gasteiger partial charge is 0.463 e. The molecule has 1 aromatic rings. The molecule has 2 rings (SSSR count). The van der Waals surface area contributed by atoms with Crippen LogP contribution in [0, 0.1) is 0 Å². The Hall–Kier alpha value is -2.54. The number of benzene rings is 1. The van der Waals surface area contributed by atoms with Crippen molar-refractivity contribution in [1.82, 2.24) is 4.90 Å². The van der Waals surface area contributed by atoms with Gasteiger partial charge in [-0.3, -0.25) is 9.59 Å². The van der Waals surface area contributed by atoms with Crippen LogP contribution in [-0.4, -0.2) is 46.7 Å². The number of hydrogen-bond acceptors (Lipinski definition) is 4. The van der Waals surface area contributed by atoms with Crippen molar-refractivity contribution >= 4 is 11.9 Å². The van der Waals surface area contributed by atoms with E-state index in [2.05, 4.69) is 0 Å². The number of esters is 1. The summed E-state index contributed by atoms with van der Waals surface area (Å²) < 4.78 is 33.9. The summed E-state index contributed by atoms with van der Waals surface area (Å²) in [7, 11) is 0. The van der Waals surface area contributed by atoms with E-state index in [0.29, 0.717) is 38.6 Å². The Morgan fingerprint density at radius 1 is 1.29 bits per heavy atom. The molecule has 0 saturated carbocycles. The monoisotopic (exact) mass is 435 g/mol. The summed E-state index contributed by atoms with van der Waals surface area (Å²) in [6.45, 7) is 3.96. The highest BCUT2D eigenvalue weighted by atomic mass is 19.3. The van der Waals surface area contributed by atoms with Crippen LogP contribution in [0.1, 0.15) is 51.5 Å². The van der Waals surface area contributed by atoms with E-state index < -0.39 is 12.0 Å². The van der Waals surface area contributed by atoms with Crippen molar-refractivity contribution in [2.45, 2.75) is 70.1 Å². The van der Waals surface area contributed by atoms with Crippen LogP contribution in [0.3, 0.4) is 0 Å². The molecule has 0 radical (unpaired) electrons. The Balaban J connectivity index is 1.85. The zero-order valence-corrected chi connectivity index (χ0v) is 18.0. The summed E-state index contributed by atoms with van der Waals surface area (Å²) in [4.78, 5) is 25.2. The van der Waals surface area contributed by atoms with Crippen LogP contribution >= 0.6 is 0 Å². The molecule has 1 fully saturated rings. The Morgan fingerprint density at radius 3 is 2.68 bits per heavy atom. The molecule has 1 aromatic carbocycles. The summed E-state index contributed by atoms with van der Waals surface area (Å²) in [6, 6.07) is 6.84. The van der Waals surface area contributed by atoms with Crippen molar-refractivity contribution in [3.05, 3.63) is 60.2 Å². The number of carbonyl (C=O) groups excluding carboxylic acids is 2. The number of amides is 1. The highest BCUT2D eigenvalue weighted by Crippen LogP contribution is 2.32. The average molecular weight is 436 g/mol. The minimum absolute atomic E-state index is 0.0517. The number of alkyl halides is 2. The molecule has 1 amide bonds. The fourth-order valence-corrected chi connectivity index (χ4v) is 3.37. The summed E-state index contributed by atoms with van der Waals surface area (Å²) in [5.74, 6) is -3.69. The van der Waals surface area contributed by atoms with Crippen LogP contribution in [0.2, 0.25) is 0 Å². The van der Waals surface area contributed by atoms with Gasteiger partial charge in [0, 0.05) is 24.9 Å². The second-order valence-corrected chi connectivity index (χ2v) is 7.87. The first kappa shape index (κ1) is 24.7. The molecular formula is C24H31F2NO4. The maximum absolute atomic E-state index is 14.4. The van der Waals surface area contributed by atoms with Crippen LogP contribution in [0.4, 0.5) is 8.78 Å². The zero-order chi connectivity index (χ0) is 22.9. The summed E-state index contributed by atoms with van der Waals surface area (Å²) in [5, 5.41) is 10.0. The number of halogens is 2. The number of aliphatic hydroxyl groups is 1. The van der Waals surface area contributed by atoms with Gasteiger partial charge in [0.2, 0.25) is 5.91 Å². The quantitative estimate of drug-likeness (QED) is 0.319. The first-order chi connectivity index (χ1) is 14.7. The van der Waals surface area contributed by atoms with Crippen molar-refractivity contribution in [3.63, 3.8) is 0 Å². The van der Waals surface area contributed by atoms with Gasteiger partial charge >= 0.3 is 11.9 Å². The molecule has 0 aliphatic carbocycles. The lowest BCUT2D eigenvalue weighted by Gasteiger charge is -2.23. The maximum Gasteiger partial charge on any atom is 0.306 e. The SMILES string of the molecule is CC(C)OC(=O)CCC/C=C/CN1C(=O)CC[C@@H]1/C=C/C(O)C(F)(F)c1ccccc1. The molecule has 1 aliphatic rings. The molecule has 1 heterocycles. The number of aliphatic hydroxyl groups excluding tert-OH is 1. The molecule has 1 unspecified atom stereocenters. The van der Waals surface area contributed by atoms with Gasteiger partial charge in [-0.2, -0.15) is 8.78 Å². The van der Waals surface area contributed by atoms with E-state index >= 15 is 0 Å². The molecule has 31 heavy (non-hydrogen) atoms. The molecule has 0 bridgehead atoms. The van der Waals surface area contributed by atoms with Crippen LogP contribution in [0.15, 0.2) is 54.6 Å². The Morgan fingerprint density at radius 2 is 2.00 bits per heavy atom. The number of carbonyl (C=O) groups is 2. The molecule has 7 heteroatoms. The molecule has 5 nitrogen and oxygen atoms in total. The molecule has 0 spiro atoms. The van der Waals surface area contributed by atoms with Crippen molar-refractivity contribution < 1.29 is 28.2 Å². The smallest absolute Gasteiger partial charge is 0.306 e. The first-order valence-electron chi connectivity index (χ1n) is 10.7. The number of nitrogens with zero attached hydrogens (tertiary/aromatic N) is 1. The molecule has 1 saturated heterocycles. The number of allylic oxidation sites excluding steroid dienone is 1. The van der Waals surface area contributed by atoms with Gasteiger partial charge in [0.25, 0.3) is 0 Å². The third-order valence-corrected chi connectivity index (χ3v) is 5.01. The molecule has 170 valence electrons. The molecule has 1 aliphatic heterocycles. The van der Waals surface area contributed by atoms with Crippen LogP contribution in [0.25, 0.3) is 0 Å². The Labute approximate surface area is 182 Å². The third-order valence-electron chi connectivity index (χ3n) is 5.01. The molecule has 2 atom stereocenters. The van der Waals surface area contributed by atoms with Crippen molar-refractivity contribution in [2.24, 2.45) is 0 Å². The van der Waals surface area contributed by atoms with Crippen LogP contribution in [-0.2, 0) is 20.2 Å². The number of unbranched alkanes of at least 4 members (excludes halogenated alkanes) is 1. The van der Waals surface area contributed by atoms with Gasteiger partial charge in [-0.05, 0) is 33.1 Å². The van der Waals surface area contributed by atoms with E-state index in [4.69, 9.17) is 4.74 Å². The van der Waals surface area contributed by atoms with Gasteiger partial charge in [-0.1, -0.05) is 54.6 Å². The second kappa shape index (κ2) is 11.7. The van der Waals surface area contributed by atoms with Gasteiger partial charge in [0.15, 0.2) is 0 Å². The van der Waals surface area contributed by atoms with E-state index in [0.717, 1.165) is 6.08 Å². The highest BCUT2D eigenvalue weighted by molar-refractivity contribution is 5.79. The first-order valence-corrected chi connectivity index (χ1v) is 10.7. The van der Waals surface area contributed by atoms with Crippen molar-refractivity contribution in [3.8, 4) is 0 Å². The second-order valence-electron chi connectivity index (χ2n) is 7.87. The standard InChI is InChI=1S/C24H31F2NO4/c1-18(2)31-23(30)12-8-3-4-9-17-27-20(14-16-22(27)29)13-15-21(28)24(25,26)19-10-6-5-7-11-19/h4-7,9-11,13,15,18,20-21,28H,3,8,12,14,16-17H2,1-2H3/b9-4+,15-13+/t20-,21?/m0/s1. The Bertz CT molecular complexity index is 777. The summed E-state index contributed by atoms with van der Waals surface area (Å²) in [5.41, 5.74) is -0.258. The summed E-state index contributed by atoms with van der Waals surface area (Å²) >= 11 is 0. The van der Waals surface area contributed by atoms with Gasteiger partial charge in [0.1, 0.15) is 6.10 Å². The summed E-state index contributed by atoms with van der Waals surface area (Å²) in [6.07, 6.45) is 6.73. The van der Waals surface area contributed by atoms with Gasteiger partial charge in [0.05, 0.1) is 12.1 Å². The third kappa shape index (κ3) is 7.58. The van der Waals surface area contributed by atoms with E-state index in [-0.39, 0.29) is 29.6 Å². The predicted octanol–water partition coefficient (Wildman–Crippen LogP) is 4.36. The fraction of sp³-hybridized carbons (Fsp3) is 0.500. The lowest BCUT2D eigenvalue weighted by molar-refractivity contribution is -0.147. The lowest BCUT2D eigenvalue weighted by Crippen LogP contribution is -2.33. The normalized spacial score (nSPS) is 18.5. The highest BCUT2D eigenvalue weighted by Gasteiger charge is 2.39. The molecule has 1 N–H and O–H groups in total. The number of likely N-dealkylation sites (tertiary alicyclic amines) is 1. The zero-order valence-electron chi connectivity index (χ0n) is 18.0. The topological polar surface area (TPSA) is 66.8 Å². The maximum atomic E-state index is 14.4. The van der Waals surface area contributed by atoms with E-state index in [1.54, 1.807) is 24.8 Å². The molecular weight excluding hydrogens is 404 g/mol. The average Bonchev–Trinajstić information content (AvgIpc) is 3.08.